The van der Waals surface area contributed by atoms with Gasteiger partial charge in [0.25, 0.3) is 0 Å². The minimum Gasteiger partial charge on any atom is -0.455 e. The number of hydrogen-bond acceptors (Lipinski definition) is 3. The van der Waals surface area contributed by atoms with Crippen LogP contribution in [0.4, 0.5) is 0 Å². The Morgan fingerprint density at radius 2 is 1.90 bits per heavy atom. The number of para-hydroxylation sites is 1. The molecule has 20 heavy (non-hydrogen) atoms. The lowest BCUT2D eigenvalue weighted by Gasteiger charge is -2.10. The highest BCUT2D eigenvalue weighted by molar-refractivity contribution is 5.84. The molecule has 1 heterocycles. The Kier molecular flexibility index (Phi) is 3.17. The first-order valence-electron chi connectivity index (χ1n) is 6.35. The predicted octanol–water partition coefficient (Wildman–Crippen LogP) is 4.15. The Bertz CT molecular complexity index is 776. The Morgan fingerprint density at radius 3 is 2.75 bits per heavy atom. The molecule has 0 unspecified atom stereocenters. The Labute approximate surface area is 116 Å². The molecule has 0 amide bonds. The lowest BCUT2D eigenvalue weighted by molar-refractivity contribution is 0.112. The van der Waals surface area contributed by atoms with E-state index >= 15 is 0 Å². The first-order chi connectivity index (χ1) is 9.78. The van der Waals surface area contributed by atoms with Crippen molar-refractivity contribution in [2.75, 3.05) is 0 Å². The number of benzene rings is 2. The number of pyridine rings is 1. The summed E-state index contributed by atoms with van der Waals surface area (Å²) in [7, 11) is 0. The predicted molar refractivity (Wildman–Crippen MR) is 78.4 cm³/mol. The maximum atomic E-state index is 10.9. The molecule has 0 fully saturated rings. The average molecular weight is 263 g/mol. The van der Waals surface area contributed by atoms with Crippen LogP contribution in [0.5, 0.6) is 11.5 Å². The molecule has 0 spiro atoms. The molecule has 0 saturated carbocycles. The van der Waals surface area contributed by atoms with Crippen molar-refractivity contribution < 1.29 is 9.53 Å². The smallest absolute Gasteiger partial charge is 0.153 e. The lowest BCUT2D eigenvalue weighted by atomic mass is 10.1. The molecule has 98 valence electrons. The van der Waals surface area contributed by atoms with Crippen LogP contribution >= 0.6 is 0 Å². The van der Waals surface area contributed by atoms with E-state index in [9.17, 15) is 4.79 Å². The van der Waals surface area contributed by atoms with Gasteiger partial charge in [0.1, 0.15) is 17.6 Å². The van der Waals surface area contributed by atoms with E-state index in [1.807, 2.05) is 43.3 Å². The number of ether oxygens (including phenoxy) is 1. The van der Waals surface area contributed by atoms with Gasteiger partial charge >= 0.3 is 0 Å². The molecule has 0 aliphatic rings. The van der Waals surface area contributed by atoms with Gasteiger partial charge in [-0.15, -0.1) is 0 Å². The summed E-state index contributed by atoms with van der Waals surface area (Å²) >= 11 is 0. The van der Waals surface area contributed by atoms with E-state index < -0.39 is 0 Å². The van der Waals surface area contributed by atoms with Crippen molar-refractivity contribution in [1.29, 1.82) is 0 Å². The van der Waals surface area contributed by atoms with Crippen molar-refractivity contribution >= 4 is 17.2 Å². The first kappa shape index (κ1) is 12.4. The fraction of sp³-hybridized carbons (Fsp3) is 0.0588. The number of rotatable bonds is 3. The number of hydrogen-bond donors (Lipinski definition) is 0. The molecule has 3 aromatic rings. The number of carbonyl (C=O) groups is 1. The fourth-order valence-electron chi connectivity index (χ4n) is 2.08. The highest BCUT2D eigenvalue weighted by atomic mass is 16.5. The SMILES string of the molecule is Cc1ccc(C=O)cc1Oc1cccc2cccnc12. The fourth-order valence-corrected chi connectivity index (χ4v) is 2.08. The number of aldehydes is 1. The van der Waals surface area contributed by atoms with E-state index in [4.69, 9.17) is 4.74 Å². The summed E-state index contributed by atoms with van der Waals surface area (Å²) in [5.74, 6) is 1.36. The third-order valence-electron chi connectivity index (χ3n) is 3.16. The number of fused-ring (bicyclic) bond motifs is 1. The van der Waals surface area contributed by atoms with Gasteiger partial charge in [-0.05, 0) is 30.7 Å². The Balaban J connectivity index is 2.07. The number of aryl methyl sites for hydroxylation is 1. The van der Waals surface area contributed by atoms with Crippen LogP contribution in [0, 0.1) is 6.92 Å². The van der Waals surface area contributed by atoms with Crippen molar-refractivity contribution in [2.24, 2.45) is 0 Å². The normalized spacial score (nSPS) is 10.4. The second-order valence-electron chi connectivity index (χ2n) is 4.58. The van der Waals surface area contributed by atoms with Crippen molar-refractivity contribution in [1.82, 2.24) is 4.98 Å². The van der Waals surface area contributed by atoms with Crippen molar-refractivity contribution in [3.05, 3.63) is 65.9 Å². The summed E-state index contributed by atoms with van der Waals surface area (Å²) in [4.78, 5) is 15.2. The first-order valence-corrected chi connectivity index (χ1v) is 6.35. The number of nitrogens with zero attached hydrogens (tertiary/aromatic N) is 1. The second-order valence-corrected chi connectivity index (χ2v) is 4.58. The van der Waals surface area contributed by atoms with E-state index in [0.29, 0.717) is 17.1 Å². The van der Waals surface area contributed by atoms with E-state index in [1.54, 1.807) is 18.3 Å². The summed E-state index contributed by atoms with van der Waals surface area (Å²) in [6, 6.07) is 15.1. The van der Waals surface area contributed by atoms with Crippen molar-refractivity contribution in [3.63, 3.8) is 0 Å². The summed E-state index contributed by atoms with van der Waals surface area (Å²) in [5, 5.41) is 1.02. The summed E-state index contributed by atoms with van der Waals surface area (Å²) < 4.78 is 5.94. The quantitative estimate of drug-likeness (QED) is 0.666. The largest absolute Gasteiger partial charge is 0.455 e. The van der Waals surface area contributed by atoms with Crippen molar-refractivity contribution in [2.45, 2.75) is 6.92 Å². The third-order valence-corrected chi connectivity index (χ3v) is 3.16. The zero-order valence-corrected chi connectivity index (χ0v) is 11.0. The molecule has 0 N–H and O–H groups in total. The average Bonchev–Trinajstić information content (AvgIpc) is 2.50. The highest BCUT2D eigenvalue weighted by Gasteiger charge is 2.07. The van der Waals surface area contributed by atoms with E-state index in [2.05, 4.69) is 4.98 Å². The molecule has 1 aromatic heterocycles. The van der Waals surface area contributed by atoms with Gasteiger partial charge in [-0.1, -0.05) is 30.3 Å². The van der Waals surface area contributed by atoms with Gasteiger partial charge in [-0.25, -0.2) is 0 Å². The molecule has 0 saturated heterocycles. The third kappa shape index (κ3) is 2.26. The Hall–Kier alpha value is -2.68. The highest BCUT2D eigenvalue weighted by Crippen LogP contribution is 2.30. The van der Waals surface area contributed by atoms with Gasteiger partial charge in [0.15, 0.2) is 5.75 Å². The summed E-state index contributed by atoms with van der Waals surface area (Å²) in [6.07, 6.45) is 2.55. The molecule has 0 aliphatic carbocycles. The van der Waals surface area contributed by atoms with Crippen LogP contribution in [0.25, 0.3) is 10.9 Å². The van der Waals surface area contributed by atoms with Gasteiger partial charge in [0.2, 0.25) is 0 Å². The zero-order valence-electron chi connectivity index (χ0n) is 11.0. The van der Waals surface area contributed by atoms with Crippen LogP contribution in [0.3, 0.4) is 0 Å². The number of carbonyl (C=O) groups excluding carboxylic acids is 1. The minimum absolute atomic E-state index is 0.596. The molecule has 0 atom stereocenters. The van der Waals surface area contributed by atoms with E-state index in [0.717, 1.165) is 22.8 Å². The summed E-state index contributed by atoms with van der Waals surface area (Å²) in [5.41, 5.74) is 2.38. The topological polar surface area (TPSA) is 39.2 Å². The minimum atomic E-state index is 0.596. The van der Waals surface area contributed by atoms with Gasteiger partial charge in [0.05, 0.1) is 0 Å². The van der Waals surface area contributed by atoms with Gasteiger partial charge in [-0.2, -0.15) is 0 Å². The van der Waals surface area contributed by atoms with Gasteiger partial charge in [-0.3, -0.25) is 9.78 Å². The van der Waals surface area contributed by atoms with Crippen LogP contribution in [0.1, 0.15) is 15.9 Å². The molecular weight excluding hydrogens is 250 g/mol. The van der Waals surface area contributed by atoms with Crippen LogP contribution in [0.2, 0.25) is 0 Å². The molecule has 3 nitrogen and oxygen atoms in total. The van der Waals surface area contributed by atoms with Crippen LogP contribution < -0.4 is 4.74 Å². The zero-order chi connectivity index (χ0) is 13.9. The molecule has 0 aliphatic heterocycles. The van der Waals surface area contributed by atoms with Gasteiger partial charge in [0, 0.05) is 17.1 Å². The molecule has 3 rings (SSSR count). The van der Waals surface area contributed by atoms with Crippen LogP contribution in [-0.4, -0.2) is 11.3 Å². The number of aromatic nitrogens is 1. The van der Waals surface area contributed by atoms with Crippen molar-refractivity contribution in [3.8, 4) is 11.5 Å². The van der Waals surface area contributed by atoms with E-state index in [-0.39, 0.29) is 0 Å². The maximum Gasteiger partial charge on any atom is 0.153 e. The monoisotopic (exact) mass is 263 g/mol. The molecule has 3 heteroatoms. The maximum absolute atomic E-state index is 10.9. The van der Waals surface area contributed by atoms with Crippen LogP contribution in [0.15, 0.2) is 54.7 Å². The van der Waals surface area contributed by atoms with E-state index in [1.165, 1.54) is 0 Å². The molecular formula is C17H13NO2. The molecule has 0 radical (unpaired) electrons. The second kappa shape index (κ2) is 5.13. The molecule has 0 bridgehead atoms. The molecule has 2 aromatic carbocycles. The lowest BCUT2D eigenvalue weighted by Crippen LogP contribution is -1.91. The van der Waals surface area contributed by atoms with Crippen LogP contribution in [-0.2, 0) is 0 Å². The van der Waals surface area contributed by atoms with Gasteiger partial charge < -0.3 is 4.74 Å². The summed E-state index contributed by atoms with van der Waals surface area (Å²) in [6.45, 7) is 1.95. The standard InChI is InChI=1S/C17H13NO2/c1-12-7-8-13(11-19)10-16(12)20-15-6-2-4-14-5-3-9-18-17(14)15/h2-11H,1H3. The Morgan fingerprint density at radius 1 is 1.05 bits per heavy atom.